The van der Waals surface area contributed by atoms with Crippen molar-refractivity contribution in [1.29, 1.82) is 0 Å². The molecule has 0 unspecified atom stereocenters. The fraction of sp³-hybridized carbons (Fsp3) is 0.432. The normalized spacial score (nSPS) is 17.3. The smallest absolute Gasteiger partial charge is 0.356 e. The number of hydrogen-bond donors (Lipinski definition) is 1. The Kier molecular flexibility index (Phi) is 8.73. The Hall–Kier alpha value is -5.17. The first-order valence-electron chi connectivity index (χ1n) is 17.6. The third-order valence-electron chi connectivity index (χ3n) is 10.6. The van der Waals surface area contributed by atoms with Crippen molar-refractivity contribution in [1.82, 2.24) is 39.6 Å². The number of aryl methyl sites for hydroxylation is 1. The van der Waals surface area contributed by atoms with E-state index in [-0.39, 0.29) is 11.6 Å². The number of rotatable bonds is 8. The summed E-state index contributed by atoms with van der Waals surface area (Å²) in [5, 5.41) is 29.1. The van der Waals surface area contributed by atoms with Gasteiger partial charge in [-0.3, -0.25) is 19.1 Å². The molecule has 7 heterocycles. The van der Waals surface area contributed by atoms with E-state index in [1.807, 2.05) is 22.0 Å². The summed E-state index contributed by atoms with van der Waals surface area (Å²) in [6.45, 7) is 6.98. The lowest BCUT2D eigenvalue weighted by molar-refractivity contribution is -0.129. The number of fused-ring (bicyclic) bond motifs is 2. The monoisotopic (exact) mass is 675 g/mol. The molecule has 1 amide bonds. The minimum absolute atomic E-state index is 0.0403. The van der Waals surface area contributed by atoms with Gasteiger partial charge in [-0.1, -0.05) is 18.2 Å². The van der Waals surface area contributed by atoms with E-state index in [4.69, 9.17) is 19.9 Å². The molecule has 1 aromatic carbocycles. The van der Waals surface area contributed by atoms with Crippen LogP contribution in [-0.2, 0) is 29.0 Å². The zero-order valence-electron chi connectivity index (χ0n) is 28.2. The number of anilines is 1. The number of carboxylic acids is 1. The molecule has 13 nitrogen and oxygen atoms in total. The highest BCUT2D eigenvalue weighted by Crippen LogP contribution is 2.37. The summed E-state index contributed by atoms with van der Waals surface area (Å²) in [6, 6.07) is 12.0. The number of ether oxygens (including phenoxy) is 1. The molecular weight excluding hydrogens is 634 g/mol. The van der Waals surface area contributed by atoms with E-state index >= 15 is 0 Å². The van der Waals surface area contributed by atoms with Crippen LogP contribution in [0.3, 0.4) is 0 Å². The number of amides is 1. The maximum atomic E-state index is 12.4. The summed E-state index contributed by atoms with van der Waals surface area (Å²) < 4.78 is 9.90. The number of carbonyl (C=O) groups is 2. The molecule has 258 valence electrons. The van der Waals surface area contributed by atoms with Gasteiger partial charge in [0, 0.05) is 99.4 Å². The van der Waals surface area contributed by atoms with E-state index < -0.39 is 5.97 Å². The number of piperidine rings is 1. The Labute approximate surface area is 289 Å². The molecule has 0 radical (unpaired) electrons. The molecule has 3 aliphatic rings. The molecule has 0 saturated carbocycles. The van der Waals surface area contributed by atoms with E-state index in [1.165, 1.54) is 11.8 Å². The maximum Gasteiger partial charge on any atom is 0.356 e. The Morgan fingerprint density at radius 3 is 2.60 bits per heavy atom. The van der Waals surface area contributed by atoms with Crippen LogP contribution in [0, 0.1) is 5.92 Å². The standard InChI is InChI=1S/C37H41N9O4/c1-24(47)44-15-10-34-31(23-44)36(42-46(34)28-11-17-50-18-12-28)29-4-2-3-26-19-33(38-21-30(26)29)27-20-39-45(22-27)16-9-25-7-13-43(14-8-25)35-6-5-32(37(48)49)40-41-35/h2-6,19-22,25,28H,7-18,23H2,1H3,(H,48,49). The van der Waals surface area contributed by atoms with Crippen LogP contribution in [-0.4, -0.2) is 89.5 Å². The van der Waals surface area contributed by atoms with E-state index in [1.54, 1.807) is 13.0 Å². The largest absolute Gasteiger partial charge is 0.476 e. The molecule has 1 N–H and O–H groups in total. The van der Waals surface area contributed by atoms with Gasteiger partial charge in [0.05, 0.1) is 23.6 Å². The second-order valence-electron chi connectivity index (χ2n) is 13.6. The van der Waals surface area contributed by atoms with E-state index in [0.29, 0.717) is 25.0 Å². The Balaban J connectivity index is 0.968. The summed E-state index contributed by atoms with van der Waals surface area (Å²) in [5.74, 6) is 0.324. The number of nitrogens with zero attached hydrogens (tertiary/aromatic N) is 9. The molecule has 5 aromatic rings. The van der Waals surface area contributed by atoms with Gasteiger partial charge in [-0.15, -0.1) is 10.2 Å². The van der Waals surface area contributed by atoms with Crippen molar-refractivity contribution >= 4 is 28.5 Å². The molecular formula is C37H41N9O4. The summed E-state index contributed by atoms with van der Waals surface area (Å²) in [6.07, 6.45) is 11.7. The molecule has 2 saturated heterocycles. The highest BCUT2D eigenvalue weighted by Gasteiger charge is 2.31. The number of aromatic carboxylic acids is 1. The highest BCUT2D eigenvalue weighted by atomic mass is 16.5. The van der Waals surface area contributed by atoms with Crippen molar-refractivity contribution in [2.75, 3.05) is 37.7 Å². The van der Waals surface area contributed by atoms with Gasteiger partial charge in [0.1, 0.15) is 0 Å². The Bertz CT molecular complexity index is 2020. The molecule has 0 atom stereocenters. The van der Waals surface area contributed by atoms with Gasteiger partial charge in [0.15, 0.2) is 11.5 Å². The summed E-state index contributed by atoms with van der Waals surface area (Å²) in [4.78, 5) is 32.5. The van der Waals surface area contributed by atoms with Gasteiger partial charge in [-0.2, -0.15) is 10.2 Å². The SMILES string of the molecule is CC(=O)N1CCc2c(c(-c3cccc4cc(-c5cnn(CCC6CCN(c7ccc(C(=O)O)nn7)CC6)c5)ncc34)nn2C2CCOCC2)C1. The number of benzene rings is 1. The van der Waals surface area contributed by atoms with E-state index in [9.17, 15) is 9.59 Å². The molecule has 0 spiro atoms. The van der Waals surface area contributed by atoms with Crippen LogP contribution in [0.2, 0.25) is 0 Å². The molecule has 3 aliphatic heterocycles. The zero-order chi connectivity index (χ0) is 34.2. The van der Waals surface area contributed by atoms with Gasteiger partial charge in [0.2, 0.25) is 5.91 Å². The number of aromatic nitrogens is 7. The number of hydrogen-bond acceptors (Lipinski definition) is 9. The van der Waals surface area contributed by atoms with Gasteiger partial charge in [-0.25, -0.2) is 4.79 Å². The average molecular weight is 676 g/mol. The zero-order valence-corrected chi connectivity index (χ0v) is 28.2. The Morgan fingerprint density at radius 2 is 1.84 bits per heavy atom. The lowest BCUT2D eigenvalue weighted by atomic mass is 9.93. The number of carbonyl (C=O) groups excluding carboxylic acids is 1. The lowest BCUT2D eigenvalue weighted by Gasteiger charge is -2.32. The number of pyridine rings is 1. The van der Waals surface area contributed by atoms with Crippen LogP contribution < -0.4 is 4.90 Å². The molecule has 2 fully saturated rings. The van der Waals surface area contributed by atoms with Crippen LogP contribution in [0.15, 0.2) is 55.0 Å². The average Bonchev–Trinajstić information content (AvgIpc) is 3.79. The number of carboxylic acid groups (broad SMARTS) is 1. The van der Waals surface area contributed by atoms with Gasteiger partial charge in [0.25, 0.3) is 0 Å². The lowest BCUT2D eigenvalue weighted by Crippen LogP contribution is -2.35. The summed E-state index contributed by atoms with van der Waals surface area (Å²) >= 11 is 0. The maximum absolute atomic E-state index is 12.4. The first kappa shape index (κ1) is 32.1. The van der Waals surface area contributed by atoms with Crippen molar-refractivity contribution in [3.05, 3.63) is 71.9 Å². The van der Waals surface area contributed by atoms with Crippen LogP contribution in [0.5, 0.6) is 0 Å². The topological polar surface area (TPSA) is 144 Å². The quantitative estimate of drug-likeness (QED) is 0.238. The Morgan fingerprint density at radius 1 is 1.00 bits per heavy atom. The highest BCUT2D eigenvalue weighted by molar-refractivity contribution is 5.97. The minimum Gasteiger partial charge on any atom is -0.476 e. The van der Waals surface area contributed by atoms with Crippen LogP contribution in [0.1, 0.15) is 66.8 Å². The fourth-order valence-corrected chi connectivity index (χ4v) is 7.69. The van der Waals surface area contributed by atoms with Crippen molar-refractivity contribution in [2.45, 2.75) is 64.6 Å². The second kappa shape index (κ2) is 13.6. The van der Waals surface area contributed by atoms with Crippen molar-refractivity contribution in [2.24, 2.45) is 5.92 Å². The fourth-order valence-electron chi connectivity index (χ4n) is 7.69. The van der Waals surface area contributed by atoms with E-state index in [0.717, 1.165) is 116 Å². The first-order chi connectivity index (χ1) is 24.4. The van der Waals surface area contributed by atoms with E-state index in [2.05, 4.69) is 55.3 Å². The molecule has 0 aliphatic carbocycles. The first-order valence-corrected chi connectivity index (χ1v) is 17.6. The molecule has 13 heteroatoms. The molecule has 4 aromatic heterocycles. The minimum atomic E-state index is -1.07. The predicted molar refractivity (Wildman–Crippen MR) is 187 cm³/mol. The predicted octanol–water partition coefficient (Wildman–Crippen LogP) is 5.01. The third kappa shape index (κ3) is 6.33. The third-order valence-corrected chi connectivity index (χ3v) is 10.6. The van der Waals surface area contributed by atoms with Crippen LogP contribution in [0.4, 0.5) is 5.82 Å². The second-order valence-corrected chi connectivity index (χ2v) is 13.6. The van der Waals surface area contributed by atoms with Crippen LogP contribution >= 0.6 is 0 Å². The van der Waals surface area contributed by atoms with Gasteiger partial charge in [-0.05, 0) is 61.6 Å². The van der Waals surface area contributed by atoms with Crippen LogP contribution in [0.25, 0.3) is 33.3 Å². The molecule has 8 rings (SSSR count). The summed E-state index contributed by atoms with van der Waals surface area (Å²) in [7, 11) is 0. The molecule has 50 heavy (non-hydrogen) atoms. The van der Waals surface area contributed by atoms with Gasteiger partial charge >= 0.3 is 5.97 Å². The summed E-state index contributed by atoms with van der Waals surface area (Å²) in [5.41, 5.74) is 6.19. The van der Waals surface area contributed by atoms with Gasteiger partial charge < -0.3 is 19.6 Å². The van der Waals surface area contributed by atoms with Crippen molar-refractivity contribution < 1.29 is 19.4 Å². The van der Waals surface area contributed by atoms with Crippen molar-refractivity contribution in [3.8, 4) is 22.5 Å². The van der Waals surface area contributed by atoms with Crippen molar-refractivity contribution in [3.63, 3.8) is 0 Å². The molecule has 0 bridgehead atoms.